The molecule has 3 N–H and O–H groups in total. The van der Waals surface area contributed by atoms with Gasteiger partial charge in [0.2, 0.25) is 10.0 Å². The van der Waals surface area contributed by atoms with Crippen molar-refractivity contribution in [3.8, 4) is 0 Å². The molecular formula is C16H18N2O3S2. The minimum absolute atomic E-state index is 0.0415. The summed E-state index contributed by atoms with van der Waals surface area (Å²) in [5, 5.41) is 8.16. The largest absolute Gasteiger partial charge is 0.322 e. The van der Waals surface area contributed by atoms with Crippen molar-refractivity contribution in [3.63, 3.8) is 0 Å². The molecule has 0 spiro atoms. The van der Waals surface area contributed by atoms with Crippen LogP contribution < -0.4 is 10.5 Å². The Labute approximate surface area is 140 Å². The van der Waals surface area contributed by atoms with Crippen molar-refractivity contribution in [2.45, 2.75) is 28.9 Å². The van der Waals surface area contributed by atoms with Gasteiger partial charge in [-0.15, -0.1) is 11.8 Å². The zero-order chi connectivity index (χ0) is 17.0. The van der Waals surface area contributed by atoms with Gasteiger partial charge in [-0.2, -0.15) is 0 Å². The van der Waals surface area contributed by atoms with E-state index >= 15 is 0 Å². The molecule has 0 saturated carbocycles. The normalized spacial score (nSPS) is 11.5. The SMILES string of the molecule is CC(C)Sc1ccccc1C(=O)Nc1cccc(S(N)(=O)=O)c1. The standard InChI is InChI=1S/C16H18N2O3S2/c1-11(2)22-15-9-4-3-8-14(15)16(19)18-12-6-5-7-13(10-12)23(17,20)21/h3-11H,1-2H3,(H,18,19)(H2,17,20,21). The van der Waals surface area contributed by atoms with Crippen LogP contribution in [-0.4, -0.2) is 19.6 Å². The van der Waals surface area contributed by atoms with Crippen molar-refractivity contribution >= 4 is 33.4 Å². The minimum atomic E-state index is -3.81. The summed E-state index contributed by atoms with van der Waals surface area (Å²) in [7, 11) is -3.81. The zero-order valence-electron chi connectivity index (χ0n) is 12.8. The molecule has 2 aromatic carbocycles. The van der Waals surface area contributed by atoms with E-state index in [0.717, 1.165) is 4.90 Å². The van der Waals surface area contributed by atoms with Gasteiger partial charge in [-0.3, -0.25) is 4.79 Å². The van der Waals surface area contributed by atoms with Crippen molar-refractivity contribution in [1.82, 2.24) is 0 Å². The molecule has 23 heavy (non-hydrogen) atoms. The smallest absolute Gasteiger partial charge is 0.256 e. The van der Waals surface area contributed by atoms with Gasteiger partial charge in [0, 0.05) is 15.8 Å². The van der Waals surface area contributed by atoms with Crippen LogP contribution in [0.25, 0.3) is 0 Å². The molecule has 0 radical (unpaired) electrons. The average Bonchev–Trinajstić information content (AvgIpc) is 2.46. The van der Waals surface area contributed by atoms with Gasteiger partial charge in [0.05, 0.1) is 10.5 Å². The predicted molar refractivity (Wildman–Crippen MR) is 93.2 cm³/mol. The number of rotatable bonds is 5. The van der Waals surface area contributed by atoms with E-state index in [1.807, 2.05) is 12.1 Å². The van der Waals surface area contributed by atoms with Crippen LogP contribution in [0.4, 0.5) is 5.69 Å². The Morgan fingerprint density at radius 3 is 2.48 bits per heavy atom. The molecule has 0 aromatic heterocycles. The van der Waals surface area contributed by atoms with Crippen molar-refractivity contribution < 1.29 is 13.2 Å². The van der Waals surface area contributed by atoms with Crippen LogP contribution in [0.2, 0.25) is 0 Å². The molecule has 1 amide bonds. The number of thioether (sulfide) groups is 1. The van der Waals surface area contributed by atoms with E-state index in [0.29, 0.717) is 16.5 Å². The highest BCUT2D eigenvalue weighted by atomic mass is 32.2. The maximum absolute atomic E-state index is 12.5. The van der Waals surface area contributed by atoms with Gasteiger partial charge < -0.3 is 5.32 Å². The molecule has 0 aliphatic rings. The first-order valence-corrected chi connectivity index (χ1v) is 9.40. The second-order valence-electron chi connectivity index (χ2n) is 5.19. The van der Waals surface area contributed by atoms with Crippen LogP contribution in [0.15, 0.2) is 58.3 Å². The molecule has 5 nitrogen and oxygen atoms in total. The number of hydrogen-bond acceptors (Lipinski definition) is 4. The van der Waals surface area contributed by atoms with Gasteiger partial charge in [-0.25, -0.2) is 13.6 Å². The van der Waals surface area contributed by atoms with Gasteiger partial charge in [0.15, 0.2) is 0 Å². The van der Waals surface area contributed by atoms with Gasteiger partial charge in [0.1, 0.15) is 0 Å². The van der Waals surface area contributed by atoms with Crippen molar-refractivity contribution in [3.05, 3.63) is 54.1 Å². The number of amides is 1. The molecule has 7 heteroatoms. The quantitative estimate of drug-likeness (QED) is 0.811. The average molecular weight is 350 g/mol. The number of nitrogens with one attached hydrogen (secondary N) is 1. The molecule has 122 valence electrons. The third kappa shape index (κ3) is 4.82. The van der Waals surface area contributed by atoms with E-state index in [9.17, 15) is 13.2 Å². The monoisotopic (exact) mass is 350 g/mol. The van der Waals surface area contributed by atoms with Crippen molar-refractivity contribution in [1.29, 1.82) is 0 Å². The molecule has 0 atom stereocenters. The van der Waals surface area contributed by atoms with E-state index in [2.05, 4.69) is 19.2 Å². The maximum Gasteiger partial charge on any atom is 0.256 e. The van der Waals surface area contributed by atoms with Gasteiger partial charge in [0.25, 0.3) is 5.91 Å². The number of anilines is 1. The Balaban J connectivity index is 2.27. The maximum atomic E-state index is 12.5. The summed E-state index contributed by atoms with van der Waals surface area (Å²) in [6.07, 6.45) is 0. The van der Waals surface area contributed by atoms with E-state index in [4.69, 9.17) is 5.14 Å². The van der Waals surface area contributed by atoms with Crippen LogP contribution >= 0.6 is 11.8 Å². The first kappa shape index (κ1) is 17.5. The Bertz CT molecular complexity index is 818. The fraction of sp³-hybridized carbons (Fsp3) is 0.188. The minimum Gasteiger partial charge on any atom is -0.322 e. The van der Waals surface area contributed by atoms with Gasteiger partial charge in [-0.1, -0.05) is 32.0 Å². The molecule has 0 aliphatic heterocycles. The second kappa shape index (κ2) is 7.16. The first-order valence-electron chi connectivity index (χ1n) is 6.97. The van der Waals surface area contributed by atoms with E-state index in [1.54, 1.807) is 30.0 Å². The van der Waals surface area contributed by atoms with Crippen LogP contribution in [0.1, 0.15) is 24.2 Å². The topological polar surface area (TPSA) is 89.3 Å². The summed E-state index contributed by atoms with van der Waals surface area (Å²) >= 11 is 1.59. The molecule has 2 rings (SSSR count). The number of benzene rings is 2. The summed E-state index contributed by atoms with van der Waals surface area (Å²) in [6.45, 7) is 4.10. The summed E-state index contributed by atoms with van der Waals surface area (Å²) in [6, 6.07) is 13.2. The fourth-order valence-corrected chi connectivity index (χ4v) is 3.47. The summed E-state index contributed by atoms with van der Waals surface area (Å²) in [4.78, 5) is 13.3. The number of carbonyl (C=O) groups is 1. The molecule has 0 heterocycles. The highest BCUT2D eigenvalue weighted by Crippen LogP contribution is 2.27. The number of hydrogen-bond donors (Lipinski definition) is 2. The van der Waals surface area contributed by atoms with Crippen molar-refractivity contribution in [2.75, 3.05) is 5.32 Å². The Kier molecular flexibility index (Phi) is 5.46. The molecule has 0 aliphatic carbocycles. The van der Waals surface area contributed by atoms with E-state index < -0.39 is 10.0 Å². The molecule has 0 saturated heterocycles. The van der Waals surface area contributed by atoms with E-state index in [1.165, 1.54) is 18.2 Å². The van der Waals surface area contributed by atoms with Crippen LogP contribution in [-0.2, 0) is 10.0 Å². The molecule has 0 bridgehead atoms. The number of sulfonamides is 1. The lowest BCUT2D eigenvalue weighted by atomic mass is 10.2. The van der Waals surface area contributed by atoms with Crippen molar-refractivity contribution in [2.24, 2.45) is 5.14 Å². The van der Waals surface area contributed by atoms with E-state index in [-0.39, 0.29) is 10.8 Å². The summed E-state index contributed by atoms with van der Waals surface area (Å²) in [5.41, 5.74) is 0.929. The Morgan fingerprint density at radius 1 is 1.13 bits per heavy atom. The second-order valence-corrected chi connectivity index (χ2v) is 8.37. The van der Waals surface area contributed by atoms with Gasteiger partial charge >= 0.3 is 0 Å². The molecule has 2 aromatic rings. The predicted octanol–water partition coefficient (Wildman–Crippen LogP) is 3.09. The lowest BCUT2D eigenvalue weighted by molar-refractivity contribution is 0.102. The summed E-state index contributed by atoms with van der Waals surface area (Å²) in [5.74, 6) is -0.291. The third-order valence-electron chi connectivity index (χ3n) is 2.91. The number of nitrogens with two attached hydrogens (primary N) is 1. The van der Waals surface area contributed by atoms with Crippen LogP contribution in [0.3, 0.4) is 0 Å². The Hall–Kier alpha value is -1.83. The molecule has 0 fully saturated rings. The highest BCUT2D eigenvalue weighted by molar-refractivity contribution is 8.00. The van der Waals surface area contributed by atoms with Crippen LogP contribution in [0, 0.1) is 0 Å². The lowest BCUT2D eigenvalue weighted by Gasteiger charge is -2.12. The highest BCUT2D eigenvalue weighted by Gasteiger charge is 2.14. The molecule has 0 unspecified atom stereocenters. The Morgan fingerprint density at radius 2 is 1.83 bits per heavy atom. The first-order chi connectivity index (χ1) is 10.8. The van der Waals surface area contributed by atoms with Gasteiger partial charge in [-0.05, 0) is 30.3 Å². The summed E-state index contributed by atoms with van der Waals surface area (Å²) < 4.78 is 22.8. The van der Waals surface area contributed by atoms with Crippen LogP contribution in [0.5, 0.6) is 0 Å². The lowest BCUT2D eigenvalue weighted by Crippen LogP contribution is -2.15. The number of primary sulfonamides is 1. The molecular weight excluding hydrogens is 332 g/mol. The fourth-order valence-electron chi connectivity index (χ4n) is 1.96. The third-order valence-corrected chi connectivity index (χ3v) is 4.91. The number of carbonyl (C=O) groups excluding carboxylic acids is 1. The zero-order valence-corrected chi connectivity index (χ0v) is 14.4.